The van der Waals surface area contributed by atoms with Gasteiger partial charge in [0.05, 0.1) is 16.1 Å². The maximum Gasteiger partial charge on any atom is 0.416 e. The van der Waals surface area contributed by atoms with Crippen LogP contribution in [0.5, 0.6) is 0 Å². The normalized spacial score (nSPS) is 12.0. The Bertz CT molecular complexity index is 1720. The van der Waals surface area contributed by atoms with Crippen molar-refractivity contribution in [2.24, 2.45) is 0 Å². The van der Waals surface area contributed by atoms with Crippen LogP contribution in [0.15, 0.2) is 108 Å². The van der Waals surface area contributed by atoms with Crippen molar-refractivity contribution in [3.05, 3.63) is 120 Å². The van der Waals surface area contributed by atoms with Gasteiger partial charge in [0.2, 0.25) is 5.91 Å². The van der Waals surface area contributed by atoms with Gasteiger partial charge in [-0.05, 0) is 71.6 Å². The number of sulfonamides is 1. The number of hydrogen-bond donors (Lipinski definition) is 2. The Kier molecular flexibility index (Phi) is 8.96. The second-order valence-corrected chi connectivity index (χ2v) is 12.6. The summed E-state index contributed by atoms with van der Waals surface area (Å²) >= 11 is 0. The predicted molar refractivity (Wildman–Crippen MR) is 161 cm³/mol. The number of halogens is 3. The molecule has 11 heteroatoms. The van der Waals surface area contributed by atoms with E-state index in [0.29, 0.717) is 21.6 Å². The fraction of sp³-hybridized carbons (Fsp3) is 0.188. The SMILES string of the molecule is CC(C)(C)c1ccc(C(=O)Nc2cccc(NC(=O)CN(c3cccc(C(F)(F)F)c3)S(=O)(=O)c3ccccc3)c2)cc1. The zero-order valence-electron chi connectivity index (χ0n) is 23.6. The topological polar surface area (TPSA) is 95.6 Å². The molecule has 2 amide bonds. The van der Waals surface area contributed by atoms with Crippen LogP contribution in [0.1, 0.15) is 42.3 Å². The zero-order valence-corrected chi connectivity index (χ0v) is 24.5. The third-order valence-electron chi connectivity index (χ3n) is 6.50. The van der Waals surface area contributed by atoms with E-state index in [1.165, 1.54) is 42.5 Å². The molecule has 0 radical (unpaired) electrons. The van der Waals surface area contributed by atoms with Crippen LogP contribution in [0, 0.1) is 0 Å². The van der Waals surface area contributed by atoms with Crippen LogP contribution in [-0.4, -0.2) is 26.8 Å². The summed E-state index contributed by atoms with van der Waals surface area (Å²) in [6.45, 7) is 5.39. The largest absolute Gasteiger partial charge is 0.416 e. The second-order valence-electron chi connectivity index (χ2n) is 10.8. The van der Waals surface area contributed by atoms with Gasteiger partial charge in [-0.1, -0.05) is 63.2 Å². The summed E-state index contributed by atoms with van der Waals surface area (Å²) in [5.74, 6) is -1.17. The number of nitrogens with zero attached hydrogens (tertiary/aromatic N) is 1. The molecule has 0 spiro atoms. The average Bonchev–Trinajstić information content (AvgIpc) is 2.96. The van der Waals surface area contributed by atoms with Gasteiger partial charge in [0.15, 0.2) is 0 Å². The number of alkyl halides is 3. The van der Waals surface area contributed by atoms with Gasteiger partial charge in [-0.3, -0.25) is 13.9 Å². The molecule has 224 valence electrons. The van der Waals surface area contributed by atoms with E-state index >= 15 is 0 Å². The Morgan fingerprint density at radius 3 is 1.93 bits per heavy atom. The van der Waals surface area contributed by atoms with Crippen LogP contribution in [0.25, 0.3) is 0 Å². The van der Waals surface area contributed by atoms with E-state index in [2.05, 4.69) is 31.4 Å². The van der Waals surface area contributed by atoms with Crippen LogP contribution in [0.2, 0.25) is 0 Å². The molecule has 43 heavy (non-hydrogen) atoms. The molecule has 4 aromatic carbocycles. The number of anilines is 3. The monoisotopic (exact) mass is 609 g/mol. The highest BCUT2D eigenvalue weighted by Crippen LogP contribution is 2.33. The predicted octanol–water partition coefficient (Wildman–Crippen LogP) is 7.09. The molecule has 0 bridgehead atoms. The van der Waals surface area contributed by atoms with E-state index < -0.39 is 34.2 Å². The molecule has 0 atom stereocenters. The number of carbonyl (C=O) groups is 2. The van der Waals surface area contributed by atoms with Crippen LogP contribution in [-0.2, 0) is 26.4 Å². The number of rotatable bonds is 8. The lowest BCUT2D eigenvalue weighted by atomic mass is 9.87. The second kappa shape index (κ2) is 12.3. The fourth-order valence-corrected chi connectivity index (χ4v) is 5.64. The Morgan fingerprint density at radius 2 is 1.33 bits per heavy atom. The Labute approximate surface area is 248 Å². The van der Waals surface area contributed by atoms with Crippen LogP contribution in [0.4, 0.5) is 30.2 Å². The summed E-state index contributed by atoms with van der Waals surface area (Å²) in [4.78, 5) is 25.7. The van der Waals surface area contributed by atoms with Crippen molar-refractivity contribution < 1.29 is 31.2 Å². The van der Waals surface area contributed by atoms with Crippen LogP contribution < -0.4 is 14.9 Å². The van der Waals surface area contributed by atoms with Gasteiger partial charge in [-0.25, -0.2) is 8.42 Å². The molecule has 7 nitrogen and oxygen atoms in total. The standard InChI is InChI=1S/C32H30F3N3O4S/c1-31(2,3)23-17-15-22(16-18-23)30(40)37-26-11-8-10-25(20-26)36-29(39)21-38(43(41,42)28-13-5-4-6-14-28)27-12-7-9-24(19-27)32(33,34)35/h4-20H,21H2,1-3H3,(H,36,39)(H,37,40). The van der Waals surface area contributed by atoms with Gasteiger partial charge in [0, 0.05) is 16.9 Å². The lowest BCUT2D eigenvalue weighted by Gasteiger charge is -2.25. The Balaban J connectivity index is 1.54. The maximum atomic E-state index is 13.5. The summed E-state index contributed by atoms with van der Waals surface area (Å²) < 4.78 is 67.9. The average molecular weight is 610 g/mol. The lowest BCUT2D eigenvalue weighted by Crippen LogP contribution is -2.38. The summed E-state index contributed by atoms with van der Waals surface area (Å²) in [5, 5.41) is 5.33. The quantitative estimate of drug-likeness (QED) is 0.223. The maximum absolute atomic E-state index is 13.5. The van der Waals surface area contributed by atoms with Crippen molar-refractivity contribution in [2.45, 2.75) is 37.3 Å². The minimum Gasteiger partial charge on any atom is -0.324 e. The van der Waals surface area contributed by atoms with E-state index in [1.807, 2.05) is 12.1 Å². The Hall–Kier alpha value is -4.64. The first-order valence-corrected chi connectivity index (χ1v) is 14.7. The third kappa shape index (κ3) is 7.81. The van der Waals surface area contributed by atoms with Gasteiger partial charge < -0.3 is 10.6 Å². The molecule has 0 saturated heterocycles. The van der Waals surface area contributed by atoms with Gasteiger partial charge in [-0.15, -0.1) is 0 Å². The van der Waals surface area contributed by atoms with Crippen molar-refractivity contribution >= 4 is 38.9 Å². The van der Waals surface area contributed by atoms with E-state index in [0.717, 1.165) is 17.7 Å². The van der Waals surface area contributed by atoms with Crippen molar-refractivity contribution in [1.29, 1.82) is 0 Å². The minimum atomic E-state index is -4.72. The van der Waals surface area contributed by atoms with Gasteiger partial charge in [0.25, 0.3) is 15.9 Å². The number of benzene rings is 4. The Morgan fingerprint density at radius 1 is 0.721 bits per heavy atom. The number of hydrogen-bond acceptors (Lipinski definition) is 4. The van der Waals surface area contributed by atoms with Crippen LogP contribution in [0.3, 0.4) is 0 Å². The molecule has 0 heterocycles. The number of amides is 2. The molecule has 0 aliphatic carbocycles. The first-order valence-electron chi connectivity index (χ1n) is 13.2. The molecule has 0 saturated carbocycles. The highest BCUT2D eigenvalue weighted by molar-refractivity contribution is 7.92. The first-order chi connectivity index (χ1) is 20.1. The van der Waals surface area contributed by atoms with Gasteiger partial charge >= 0.3 is 6.18 Å². The molecule has 4 aromatic rings. The van der Waals surface area contributed by atoms with E-state index in [9.17, 15) is 31.2 Å². The molecular weight excluding hydrogens is 579 g/mol. The van der Waals surface area contributed by atoms with Gasteiger partial charge in [0.1, 0.15) is 6.54 Å². The zero-order chi connectivity index (χ0) is 31.4. The highest BCUT2D eigenvalue weighted by atomic mass is 32.2. The summed E-state index contributed by atoms with van der Waals surface area (Å²) in [6, 6.07) is 24.3. The van der Waals surface area contributed by atoms with Crippen molar-refractivity contribution in [3.63, 3.8) is 0 Å². The molecule has 0 aliphatic rings. The molecule has 0 unspecified atom stereocenters. The van der Waals surface area contributed by atoms with E-state index in [-0.39, 0.29) is 27.6 Å². The molecule has 2 N–H and O–H groups in total. The highest BCUT2D eigenvalue weighted by Gasteiger charge is 2.33. The third-order valence-corrected chi connectivity index (χ3v) is 8.29. The molecule has 0 aliphatic heterocycles. The van der Waals surface area contributed by atoms with E-state index in [1.54, 1.807) is 30.3 Å². The molecule has 0 fully saturated rings. The van der Waals surface area contributed by atoms with Crippen molar-refractivity contribution in [3.8, 4) is 0 Å². The first kappa shape index (κ1) is 31.3. The molecule has 4 rings (SSSR count). The van der Waals surface area contributed by atoms with E-state index in [4.69, 9.17) is 0 Å². The number of nitrogens with one attached hydrogen (secondary N) is 2. The summed E-state index contributed by atoms with van der Waals surface area (Å²) in [6.07, 6.45) is -4.72. The van der Waals surface area contributed by atoms with Gasteiger partial charge in [-0.2, -0.15) is 13.2 Å². The molecular formula is C32H30F3N3O4S. The number of carbonyl (C=O) groups excluding carboxylic acids is 2. The molecule has 0 aromatic heterocycles. The van der Waals surface area contributed by atoms with Crippen molar-refractivity contribution in [1.82, 2.24) is 0 Å². The smallest absolute Gasteiger partial charge is 0.324 e. The minimum absolute atomic E-state index is 0.0708. The lowest BCUT2D eigenvalue weighted by molar-refractivity contribution is -0.137. The summed E-state index contributed by atoms with van der Waals surface area (Å²) in [7, 11) is -4.42. The fourth-order valence-electron chi connectivity index (χ4n) is 4.20. The summed E-state index contributed by atoms with van der Waals surface area (Å²) in [5.41, 5.74) is 0.662. The van der Waals surface area contributed by atoms with Crippen molar-refractivity contribution in [2.75, 3.05) is 21.5 Å². The van der Waals surface area contributed by atoms with Crippen LogP contribution >= 0.6 is 0 Å².